The minimum absolute atomic E-state index is 0.245. The number of carbonyl (C=O) groups is 1. The number of esters is 1. The second-order valence-corrected chi connectivity index (χ2v) is 11.7. The number of ether oxygens (including phenoxy) is 1. The Hall–Kier alpha value is -1.13. The normalized spacial score (nSPS) is 13.9. The summed E-state index contributed by atoms with van der Waals surface area (Å²) >= 11 is 0. The van der Waals surface area contributed by atoms with Crippen molar-refractivity contribution in [2.75, 3.05) is 7.11 Å². The molecule has 0 spiro atoms. The third-order valence-corrected chi connectivity index (χ3v) is 4.33. The molecule has 1 aromatic rings. The SMILES string of the molecule is COC(=O)C(C)(C)[C@@H](O[Si](C)(C)C)c1cc(C)cc(C)c1. The quantitative estimate of drug-likeness (QED) is 0.597. The predicted molar refractivity (Wildman–Crippen MR) is 88.9 cm³/mol. The molecule has 0 aromatic heterocycles. The molecule has 0 fully saturated rings. The topological polar surface area (TPSA) is 35.5 Å². The summed E-state index contributed by atoms with van der Waals surface area (Å²) in [7, 11) is -0.386. The fourth-order valence-electron chi connectivity index (χ4n) is 2.52. The minimum Gasteiger partial charge on any atom is -0.469 e. The lowest BCUT2D eigenvalue weighted by Crippen LogP contribution is -2.40. The Labute approximate surface area is 129 Å². The molecule has 3 nitrogen and oxygen atoms in total. The van der Waals surface area contributed by atoms with Crippen LogP contribution < -0.4 is 0 Å². The first-order valence-corrected chi connectivity index (χ1v) is 10.7. The van der Waals surface area contributed by atoms with Crippen molar-refractivity contribution < 1.29 is 14.0 Å². The molecular weight excluding hydrogens is 280 g/mol. The number of hydrogen-bond donors (Lipinski definition) is 0. The Morgan fingerprint density at radius 3 is 1.95 bits per heavy atom. The summed E-state index contributed by atoms with van der Waals surface area (Å²) in [6.07, 6.45) is -0.296. The highest BCUT2D eigenvalue weighted by molar-refractivity contribution is 6.69. The number of rotatable bonds is 5. The van der Waals surface area contributed by atoms with E-state index in [1.807, 2.05) is 13.8 Å². The second-order valence-electron chi connectivity index (χ2n) is 7.24. The summed E-state index contributed by atoms with van der Waals surface area (Å²) in [6, 6.07) is 6.32. The van der Waals surface area contributed by atoms with Crippen LogP contribution in [0.5, 0.6) is 0 Å². The van der Waals surface area contributed by atoms with E-state index < -0.39 is 13.7 Å². The first kappa shape index (κ1) is 17.9. The zero-order valence-corrected chi connectivity index (χ0v) is 15.5. The lowest BCUT2D eigenvalue weighted by atomic mass is 9.82. The van der Waals surface area contributed by atoms with E-state index in [-0.39, 0.29) is 12.1 Å². The Bertz CT molecular complexity index is 495. The Balaban J connectivity index is 3.34. The molecule has 0 saturated heterocycles. The van der Waals surface area contributed by atoms with E-state index in [0.29, 0.717) is 0 Å². The third kappa shape index (κ3) is 4.68. The number of hydrogen-bond acceptors (Lipinski definition) is 3. The molecule has 0 heterocycles. The van der Waals surface area contributed by atoms with Crippen LogP contribution in [0.15, 0.2) is 18.2 Å². The summed E-state index contributed by atoms with van der Waals surface area (Å²) < 4.78 is 11.3. The third-order valence-electron chi connectivity index (χ3n) is 3.39. The van der Waals surface area contributed by atoms with Crippen molar-refractivity contribution in [1.82, 2.24) is 0 Å². The fourth-order valence-corrected chi connectivity index (χ4v) is 3.65. The van der Waals surface area contributed by atoms with Gasteiger partial charge < -0.3 is 9.16 Å². The number of aryl methyl sites for hydroxylation is 2. The molecular formula is C17H28O3Si. The van der Waals surface area contributed by atoms with Crippen LogP contribution in [0.3, 0.4) is 0 Å². The van der Waals surface area contributed by atoms with E-state index in [4.69, 9.17) is 9.16 Å². The summed E-state index contributed by atoms with van der Waals surface area (Å²) in [5.74, 6) is -0.245. The van der Waals surface area contributed by atoms with Crippen LogP contribution in [-0.2, 0) is 14.0 Å². The van der Waals surface area contributed by atoms with Crippen LogP contribution >= 0.6 is 0 Å². The highest BCUT2D eigenvalue weighted by Crippen LogP contribution is 2.40. The van der Waals surface area contributed by atoms with Gasteiger partial charge in [-0.1, -0.05) is 29.3 Å². The fraction of sp³-hybridized carbons (Fsp3) is 0.588. The van der Waals surface area contributed by atoms with Crippen molar-refractivity contribution in [3.63, 3.8) is 0 Å². The average molecular weight is 308 g/mol. The minimum atomic E-state index is -1.81. The van der Waals surface area contributed by atoms with Crippen LogP contribution in [0, 0.1) is 19.3 Å². The predicted octanol–water partition coefficient (Wildman–Crippen LogP) is 4.40. The van der Waals surface area contributed by atoms with Crippen molar-refractivity contribution >= 4 is 14.3 Å². The molecule has 0 saturated carbocycles. The highest BCUT2D eigenvalue weighted by Gasteiger charge is 2.42. The number of benzene rings is 1. The molecule has 0 N–H and O–H groups in total. The average Bonchev–Trinajstić information content (AvgIpc) is 2.32. The van der Waals surface area contributed by atoms with Crippen LogP contribution in [0.1, 0.15) is 36.6 Å². The van der Waals surface area contributed by atoms with Gasteiger partial charge in [-0.05, 0) is 52.9 Å². The van der Waals surface area contributed by atoms with Gasteiger partial charge in [0, 0.05) is 0 Å². The van der Waals surface area contributed by atoms with Crippen molar-refractivity contribution in [3.8, 4) is 0 Å². The Kier molecular flexibility index (Phi) is 5.39. The zero-order chi connectivity index (χ0) is 16.4. The Morgan fingerprint density at radius 2 is 1.57 bits per heavy atom. The molecule has 21 heavy (non-hydrogen) atoms. The monoisotopic (exact) mass is 308 g/mol. The molecule has 0 radical (unpaired) electrons. The first-order valence-electron chi connectivity index (χ1n) is 7.32. The lowest BCUT2D eigenvalue weighted by molar-refractivity contribution is -0.156. The van der Waals surface area contributed by atoms with Gasteiger partial charge in [0.2, 0.25) is 0 Å². The van der Waals surface area contributed by atoms with Crippen molar-refractivity contribution in [3.05, 3.63) is 34.9 Å². The molecule has 0 amide bonds. The van der Waals surface area contributed by atoms with E-state index in [9.17, 15) is 4.79 Å². The maximum Gasteiger partial charge on any atom is 0.314 e. The van der Waals surface area contributed by atoms with Crippen LogP contribution in [-0.4, -0.2) is 21.4 Å². The molecule has 0 bridgehead atoms. The van der Waals surface area contributed by atoms with E-state index in [0.717, 1.165) is 5.56 Å². The van der Waals surface area contributed by atoms with Gasteiger partial charge in [0.1, 0.15) is 0 Å². The standard InChI is InChI=1S/C17H28O3Si/c1-12-9-13(2)11-14(10-12)15(20-21(6,7)8)17(3,4)16(18)19-5/h9-11,15H,1-8H3/t15-/m0/s1. The molecule has 118 valence electrons. The maximum atomic E-state index is 12.2. The molecule has 4 heteroatoms. The van der Waals surface area contributed by atoms with Gasteiger partial charge in [-0.3, -0.25) is 4.79 Å². The molecule has 0 aliphatic carbocycles. The van der Waals surface area contributed by atoms with Gasteiger partial charge in [0.15, 0.2) is 8.32 Å². The van der Waals surface area contributed by atoms with E-state index >= 15 is 0 Å². The van der Waals surface area contributed by atoms with Crippen LogP contribution in [0.4, 0.5) is 0 Å². The van der Waals surface area contributed by atoms with E-state index in [1.165, 1.54) is 18.2 Å². The van der Waals surface area contributed by atoms with Gasteiger partial charge in [0.05, 0.1) is 18.6 Å². The van der Waals surface area contributed by atoms with Gasteiger partial charge in [-0.2, -0.15) is 0 Å². The first-order chi connectivity index (χ1) is 9.47. The largest absolute Gasteiger partial charge is 0.469 e. The maximum absolute atomic E-state index is 12.2. The Morgan fingerprint density at radius 1 is 1.10 bits per heavy atom. The van der Waals surface area contributed by atoms with Crippen LogP contribution in [0.2, 0.25) is 19.6 Å². The molecule has 1 aromatic carbocycles. The molecule has 0 unspecified atom stereocenters. The van der Waals surface area contributed by atoms with Crippen molar-refractivity contribution in [1.29, 1.82) is 0 Å². The second kappa shape index (κ2) is 6.32. The summed E-state index contributed by atoms with van der Waals surface area (Å²) in [6.45, 7) is 14.3. The van der Waals surface area contributed by atoms with Gasteiger partial charge in [-0.25, -0.2) is 0 Å². The molecule has 0 aliphatic rings. The summed E-state index contributed by atoms with van der Waals surface area (Å²) in [5.41, 5.74) is 2.67. The lowest BCUT2D eigenvalue weighted by Gasteiger charge is -2.36. The highest BCUT2D eigenvalue weighted by atomic mass is 28.4. The summed E-state index contributed by atoms with van der Waals surface area (Å²) in [5, 5.41) is 0. The molecule has 1 rings (SSSR count). The van der Waals surface area contributed by atoms with E-state index in [2.05, 4.69) is 51.7 Å². The van der Waals surface area contributed by atoms with Crippen molar-refractivity contribution in [2.24, 2.45) is 5.41 Å². The van der Waals surface area contributed by atoms with E-state index in [1.54, 1.807) is 0 Å². The van der Waals surface area contributed by atoms with Gasteiger partial charge >= 0.3 is 5.97 Å². The molecule has 1 atom stereocenters. The van der Waals surface area contributed by atoms with Gasteiger partial charge in [-0.15, -0.1) is 0 Å². The van der Waals surface area contributed by atoms with Gasteiger partial charge in [0.25, 0.3) is 0 Å². The zero-order valence-electron chi connectivity index (χ0n) is 14.5. The van der Waals surface area contributed by atoms with Crippen LogP contribution in [0.25, 0.3) is 0 Å². The summed E-state index contributed by atoms with van der Waals surface area (Å²) in [4.78, 5) is 12.2. The number of methoxy groups -OCH3 is 1. The van der Waals surface area contributed by atoms with Crippen molar-refractivity contribution in [2.45, 2.75) is 53.4 Å². The molecule has 0 aliphatic heterocycles. The number of carbonyl (C=O) groups excluding carboxylic acids is 1. The smallest absolute Gasteiger partial charge is 0.314 e.